The van der Waals surface area contributed by atoms with Crippen molar-refractivity contribution in [3.05, 3.63) is 35.9 Å². The Kier molecular flexibility index (Phi) is 11.4. The molecule has 0 radical (unpaired) electrons. The van der Waals surface area contributed by atoms with Crippen LogP contribution in [-0.4, -0.2) is 55.0 Å². The summed E-state index contributed by atoms with van der Waals surface area (Å²) in [5.41, 5.74) is 4.38. The number of rotatable bonds is 13. The standard InChI is InChI=1S/C24H37NO7/c1-6-29-21(27)24(22(28)30-7-2,16-15-19(25)20(26)32-23(3,4)5)31-17-11-14-18-12-9-8-10-13-18/h8-10,12-13,19H,6-7,11,14-17,25H2,1-5H3. The van der Waals surface area contributed by atoms with Crippen molar-refractivity contribution in [1.82, 2.24) is 0 Å². The van der Waals surface area contributed by atoms with E-state index in [0.29, 0.717) is 12.8 Å². The van der Waals surface area contributed by atoms with Gasteiger partial charge in [-0.25, -0.2) is 9.59 Å². The lowest BCUT2D eigenvalue weighted by Crippen LogP contribution is -2.52. The molecule has 1 rings (SSSR count). The van der Waals surface area contributed by atoms with Gasteiger partial charge in [0.25, 0.3) is 5.60 Å². The Morgan fingerprint density at radius 1 is 0.969 bits per heavy atom. The lowest BCUT2D eigenvalue weighted by molar-refractivity contribution is -0.193. The normalized spacial score (nSPS) is 12.7. The van der Waals surface area contributed by atoms with Gasteiger partial charge in [-0.15, -0.1) is 0 Å². The molecule has 0 bridgehead atoms. The van der Waals surface area contributed by atoms with Crippen LogP contribution in [0.15, 0.2) is 30.3 Å². The van der Waals surface area contributed by atoms with Gasteiger partial charge in [-0.05, 0) is 59.4 Å². The molecule has 0 saturated carbocycles. The molecule has 1 aromatic carbocycles. The largest absolute Gasteiger partial charge is 0.463 e. The summed E-state index contributed by atoms with van der Waals surface area (Å²) in [6.45, 7) is 8.70. The number of esters is 3. The molecule has 0 aliphatic rings. The molecule has 1 aromatic rings. The summed E-state index contributed by atoms with van der Waals surface area (Å²) >= 11 is 0. The summed E-state index contributed by atoms with van der Waals surface area (Å²) in [6, 6.07) is 8.75. The van der Waals surface area contributed by atoms with Crippen molar-refractivity contribution in [1.29, 1.82) is 0 Å². The molecular weight excluding hydrogens is 414 g/mol. The second kappa shape index (κ2) is 13.2. The number of carbonyl (C=O) groups is 3. The molecule has 0 heterocycles. The number of hydrogen-bond acceptors (Lipinski definition) is 8. The number of carbonyl (C=O) groups excluding carboxylic acids is 3. The fourth-order valence-corrected chi connectivity index (χ4v) is 2.99. The van der Waals surface area contributed by atoms with Crippen LogP contribution in [0.25, 0.3) is 0 Å². The quantitative estimate of drug-likeness (QED) is 0.211. The molecule has 0 saturated heterocycles. The van der Waals surface area contributed by atoms with Crippen molar-refractivity contribution in [2.45, 2.75) is 77.5 Å². The zero-order valence-corrected chi connectivity index (χ0v) is 19.8. The Morgan fingerprint density at radius 3 is 2.03 bits per heavy atom. The number of benzene rings is 1. The maximum atomic E-state index is 12.9. The molecule has 2 N–H and O–H groups in total. The molecule has 8 nitrogen and oxygen atoms in total. The molecule has 0 aliphatic carbocycles. The smallest absolute Gasteiger partial charge is 0.350 e. The fraction of sp³-hybridized carbons (Fsp3) is 0.625. The first-order chi connectivity index (χ1) is 15.1. The second-order valence-electron chi connectivity index (χ2n) is 8.38. The topological polar surface area (TPSA) is 114 Å². The third-order valence-corrected chi connectivity index (χ3v) is 4.53. The van der Waals surface area contributed by atoms with E-state index in [0.717, 1.165) is 5.56 Å². The van der Waals surface area contributed by atoms with Crippen LogP contribution in [0.3, 0.4) is 0 Å². The molecule has 8 heteroatoms. The summed E-state index contributed by atoms with van der Waals surface area (Å²) in [6.07, 6.45) is 1.09. The molecule has 0 aromatic heterocycles. The van der Waals surface area contributed by atoms with Crippen LogP contribution in [0.2, 0.25) is 0 Å². The van der Waals surface area contributed by atoms with Crippen LogP contribution in [-0.2, 0) is 39.8 Å². The maximum Gasteiger partial charge on any atom is 0.350 e. The Hall–Kier alpha value is -2.45. The Bertz CT molecular complexity index is 710. The summed E-state index contributed by atoms with van der Waals surface area (Å²) < 4.78 is 21.4. The Labute approximate surface area is 190 Å². The van der Waals surface area contributed by atoms with Gasteiger partial charge in [0.2, 0.25) is 0 Å². The van der Waals surface area contributed by atoms with E-state index >= 15 is 0 Å². The molecule has 0 spiro atoms. The summed E-state index contributed by atoms with van der Waals surface area (Å²) in [5, 5.41) is 0. The highest BCUT2D eigenvalue weighted by molar-refractivity contribution is 6.03. The van der Waals surface area contributed by atoms with Crippen molar-refractivity contribution >= 4 is 17.9 Å². The minimum atomic E-state index is -2.00. The SMILES string of the molecule is CCOC(=O)C(CCC(N)C(=O)OC(C)(C)C)(OCCCc1ccccc1)C(=O)OCC. The highest BCUT2D eigenvalue weighted by Gasteiger charge is 2.50. The lowest BCUT2D eigenvalue weighted by atomic mass is 9.94. The second-order valence-corrected chi connectivity index (χ2v) is 8.38. The van der Waals surface area contributed by atoms with E-state index in [9.17, 15) is 14.4 Å². The first-order valence-corrected chi connectivity index (χ1v) is 11.1. The van der Waals surface area contributed by atoms with Gasteiger partial charge < -0.3 is 24.7 Å². The predicted molar refractivity (Wildman–Crippen MR) is 120 cm³/mol. The van der Waals surface area contributed by atoms with Crippen LogP contribution in [0.1, 0.15) is 59.4 Å². The van der Waals surface area contributed by atoms with E-state index in [1.165, 1.54) is 0 Å². The minimum Gasteiger partial charge on any atom is -0.463 e. The van der Waals surface area contributed by atoms with Crippen LogP contribution in [0.4, 0.5) is 0 Å². The van der Waals surface area contributed by atoms with Crippen molar-refractivity contribution in [2.75, 3.05) is 19.8 Å². The van der Waals surface area contributed by atoms with E-state index in [1.54, 1.807) is 34.6 Å². The van der Waals surface area contributed by atoms with E-state index in [2.05, 4.69) is 0 Å². The molecule has 1 atom stereocenters. The molecule has 0 amide bonds. The van der Waals surface area contributed by atoms with E-state index in [-0.39, 0.29) is 32.7 Å². The van der Waals surface area contributed by atoms with Gasteiger partial charge in [-0.3, -0.25) is 4.79 Å². The number of ether oxygens (including phenoxy) is 4. The van der Waals surface area contributed by atoms with Crippen molar-refractivity contribution in [3.8, 4) is 0 Å². The monoisotopic (exact) mass is 451 g/mol. The van der Waals surface area contributed by atoms with Crippen molar-refractivity contribution in [3.63, 3.8) is 0 Å². The first-order valence-electron chi connectivity index (χ1n) is 11.1. The van der Waals surface area contributed by atoms with Gasteiger partial charge in [0, 0.05) is 13.0 Å². The van der Waals surface area contributed by atoms with Crippen molar-refractivity contribution in [2.24, 2.45) is 5.73 Å². The van der Waals surface area contributed by atoms with Crippen molar-refractivity contribution < 1.29 is 33.3 Å². The maximum absolute atomic E-state index is 12.9. The van der Waals surface area contributed by atoms with E-state index in [1.807, 2.05) is 30.3 Å². The zero-order valence-electron chi connectivity index (χ0n) is 19.8. The highest BCUT2D eigenvalue weighted by Crippen LogP contribution is 2.25. The molecule has 0 fully saturated rings. The molecule has 1 unspecified atom stereocenters. The Morgan fingerprint density at radius 2 is 1.53 bits per heavy atom. The number of nitrogens with two attached hydrogens (primary N) is 1. The zero-order chi connectivity index (χ0) is 24.2. The average molecular weight is 452 g/mol. The summed E-state index contributed by atoms with van der Waals surface area (Å²) in [4.78, 5) is 38.0. The summed E-state index contributed by atoms with van der Waals surface area (Å²) in [5.74, 6) is -2.33. The molecule has 0 aliphatic heterocycles. The predicted octanol–water partition coefficient (Wildman–Crippen LogP) is 2.95. The third kappa shape index (κ3) is 8.96. The molecule has 32 heavy (non-hydrogen) atoms. The first kappa shape index (κ1) is 27.6. The van der Waals surface area contributed by atoms with Crippen LogP contribution in [0.5, 0.6) is 0 Å². The minimum absolute atomic E-state index is 0.0226. The van der Waals surface area contributed by atoms with Crippen LogP contribution < -0.4 is 5.73 Å². The summed E-state index contributed by atoms with van der Waals surface area (Å²) in [7, 11) is 0. The van der Waals surface area contributed by atoms with Gasteiger partial charge in [0.1, 0.15) is 11.6 Å². The van der Waals surface area contributed by atoms with Gasteiger partial charge in [0.05, 0.1) is 13.2 Å². The van der Waals surface area contributed by atoms with Crippen LogP contribution >= 0.6 is 0 Å². The van der Waals surface area contributed by atoms with Gasteiger partial charge in [0.15, 0.2) is 0 Å². The molecule has 180 valence electrons. The molecular formula is C24H37NO7. The lowest BCUT2D eigenvalue weighted by Gasteiger charge is -2.30. The third-order valence-electron chi connectivity index (χ3n) is 4.53. The van der Waals surface area contributed by atoms with Crippen LogP contribution in [0, 0.1) is 0 Å². The average Bonchev–Trinajstić information content (AvgIpc) is 2.73. The number of hydrogen-bond donors (Lipinski definition) is 1. The Balaban J connectivity index is 2.96. The van der Waals surface area contributed by atoms with E-state index < -0.39 is 35.2 Å². The van der Waals surface area contributed by atoms with Gasteiger partial charge in [-0.1, -0.05) is 30.3 Å². The number of aryl methyl sites for hydroxylation is 1. The van der Waals surface area contributed by atoms with Gasteiger partial charge in [-0.2, -0.15) is 0 Å². The highest BCUT2D eigenvalue weighted by atomic mass is 16.6. The van der Waals surface area contributed by atoms with E-state index in [4.69, 9.17) is 24.7 Å². The fourth-order valence-electron chi connectivity index (χ4n) is 2.99. The van der Waals surface area contributed by atoms with Gasteiger partial charge >= 0.3 is 17.9 Å².